The van der Waals surface area contributed by atoms with Gasteiger partial charge in [-0.2, -0.15) is 0 Å². The van der Waals surface area contributed by atoms with Gasteiger partial charge in [0.05, 0.1) is 10.2 Å². The van der Waals surface area contributed by atoms with E-state index in [0.717, 1.165) is 34.0 Å². The van der Waals surface area contributed by atoms with E-state index in [1.807, 2.05) is 30.3 Å². The minimum absolute atomic E-state index is 0.244. The Balaban J connectivity index is 1.39. The second-order valence-corrected chi connectivity index (χ2v) is 9.29. The highest BCUT2D eigenvalue weighted by molar-refractivity contribution is 8.00. The molecular weight excluding hydrogens is 390 g/mol. The molecule has 1 aromatic heterocycles. The lowest BCUT2D eigenvalue weighted by Crippen LogP contribution is -2.55. The molecule has 1 aliphatic carbocycles. The first-order chi connectivity index (χ1) is 13.6. The van der Waals surface area contributed by atoms with Gasteiger partial charge >= 0.3 is 0 Å². The number of aromatic nitrogens is 1. The zero-order valence-corrected chi connectivity index (χ0v) is 16.9. The van der Waals surface area contributed by atoms with E-state index < -0.39 is 11.4 Å². The first kappa shape index (κ1) is 19.0. The Labute approximate surface area is 171 Å². The van der Waals surface area contributed by atoms with Gasteiger partial charge in [-0.25, -0.2) is 4.98 Å². The van der Waals surface area contributed by atoms with Gasteiger partial charge in [-0.3, -0.25) is 9.59 Å². The fraction of sp³-hybridized carbons (Fsp3) is 0.286. The van der Waals surface area contributed by atoms with E-state index in [2.05, 4.69) is 16.4 Å². The van der Waals surface area contributed by atoms with E-state index in [-0.39, 0.29) is 5.91 Å². The fourth-order valence-electron chi connectivity index (χ4n) is 3.51. The summed E-state index contributed by atoms with van der Waals surface area (Å²) in [7, 11) is 0. The van der Waals surface area contributed by atoms with E-state index in [1.165, 1.54) is 4.70 Å². The molecule has 0 spiro atoms. The van der Waals surface area contributed by atoms with Crippen molar-refractivity contribution in [1.82, 2.24) is 10.3 Å². The summed E-state index contributed by atoms with van der Waals surface area (Å²) >= 11 is 3.38. The predicted molar refractivity (Wildman–Crippen MR) is 113 cm³/mol. The number of thiazole rings is 1. The molecule has 0 bridgehead atoms. The van der Waals surface area contributed by atoms with Gasteiger partial charge in [-0.05, 0) is 42.7 Å². The number of para-hydroxylation sites is 1. The molecule has 3 N–H and O–H groups in total. The maximum atomic E-state index is 12.6. The molecule has 144 valence electrons. The fourth-order valence-corrected chi connectivity index (χ4v) is 5.54. The Morgan fingerprint density at radius 2 is 1.82 bits per heavy atom. The van der Waals surface area contributed by atoms with Crippen molar-refractivity contribution in [2.45, 2.75) is 41.3 Å². The predicted octanol–water partition coefficient (Wildman–Crippen LogP) is 4.12. The van der Waals surface area contributed by atoms with Gasteiger partial charge in [0.1, 0.15) is 5.54 Å². The lowest BCUT2D eigenvalue weighted by Gasteiger charge is -2.26. The van der Waals surface area contributed by atoms with Gasteiger partial charge in [0.15, 0.2) is 4.34 Å². The number of hydrogen-bond acceptors (Lipinski definition) is 5. The van der Waals surface area contributed by atoms with Gasteiger partial charge in [-0.1, -0.05) is 48.9 Å². The van der Waals surface area contributed by atoms with Crippen LogP contribution in [0.4, 0.5) is 0 Å². The minimum Gasteiger partial charge on any atom is -0.368 e. The molecule has 0 atom stereocenters. The number of carbonyl (C=O) groups excluding carboxylic acids is 2. The van der Waals surface area contributed by atoms with Crippen LogP contribution >= 0.6 is 23.1 Å². The number of hydrogen-bond donors (Lipinski definition) is 2. The topological polar surface area (TPSA) is 85.1 Å². The van der Waals surface area contributed by atoms with Crippen molar-refractivity contribution in [3.63, 3.8) is 0 Å². The van der Waals surface area contributed by atoms with E-state index in [4.69, 9.17) is 5.73 Å². The number of nitrogens with one attached hydrogen (secondary N) is 1. The first-order valence-electron chi connectivity index (χ1n) is 9.25. The Morgan fingerprint density at radius 3 is 2.50 bits per heavy atom. The molecule has 7 heteroatoms. The van der Waals surface area contributed by atoms with Crippen LogP contribution in [-0.2, 0) is 10.5 Å². The van der Waals surface area contributed by atoms with Gasteiger partial charge in [0, 0.05) is 11.3 Å². The molecule has 1 saturated carbocycles. The van der Waals surface area contributed by atoms with Crippen molar-refractivity contribution in [1.29, 1.82) is 0 Å². The molecule has 0 radical (unpaired) electrons. The summed E-state index contributed by atoms with van der Waals surface area (Å²) in [5, 5.41) is 2.87. The highest BCUT2D eigenvalue weighted by Gasteiger charge is 2.40. The molecule has 0 aliphatic heterocycles. The molecule has 1 aliphatic rings. The quantitative estimate of drug-likeness (QED) is 0.598. The third kappa shape index (κ3) is 3.91. The number of carbonyl (C=O) groups is 2. The Bertz CT molecular complexity index is 975. The number of nitrogens with two attached hydrogens (primary N) is 1. The lowest BCUT2D eigenvalue weighted by molar-refractivity contribution is -0.123. The van der Waals surface area contributed by atoms with Crippen LogP contribution in [-0.4, -0.2) is 22.3 Å². The third-order valence-corrected chi connectivity index (χ3v) is 7.38. The highest BCUT2D eigenvalue weighted by Crippen LogP contribution is 2.32. The average Bonchev–Trinajstić information content (AvgIpc) is 3.34. The van der Waals surface area contributed by atoms with Crippen LogP contribution < -0.4 is 11.1 Å². The largest absolute Gasteiger partial charge is 0.368 e. The molecule has 1 fully saturated rings. The smallest absolute Gasteiger partial charge is 0.252 e. The molecule has 0 saturated heterocycles. The maximum absolute atomic E-state index is 12.6. The Morgan fingerprint density at radius 1 is 1.11 bits per heavy atom. The molecule has 4 rings (SSSR count). The highest BCUT2D eigenvalue weighted by atomic mass is 32.2. The lowest BCUT2D eigenvalue weighted by atomic mass is 9.96. The summed E-state index contributed by atoms with van der Waals surface area (Å²) in [6, 6.07) is 15.6. The van der Waals surface area contributed by atoms with Crippen molar-refractivity contribution in [3.8, 4) is 0 Å². The number of amides is 2. The molecule has 28 heavy (non-hydrogen) atoms. The number of benzene rings is 2. The maximum Gasteiger partial charge on any atom is 0.252 e. The van der Waals surface area contributed by atoms with Gasteiger partial charge in [0.25, 0.3) is 5.91 Å². The molecule has 5 nitrogen and oxygen atoms in total. The number of fused-ring (bicyclic) bond motifs is 1. The van der Waals surface area contributed by atoms with Crippen LogP contribution in [0.15, 0.2) is 52.9 Å². The standard InChI is InChI=1S/C21H21N3O2S2/c22-19(26)21(11-3-4-12-21)24-18(25)15-9-7-14(8-10-15)13-27-20-23-16-5-1-2-6-17(16)28-20/h1-2,5-10H,3-4,11-13H2,(H2,22,26)(H,24,25). The van der Waals surface area contributed by atoms with Crippen LogP contribution in [0, 0.1) is 0 Å². The summed E-state index contributed by atoms with van der Waals surface area (Å²) in [6.45, 7) is 0. The van der Waals surface area contributed by atoms with E-state index in [0.29, 0.717) is 18.4 Å². The zero-order chi connectivity index (χ0) is 19.6. The van der Waals surface area contributed by atoms with E-state index >= 15 is 0 Å². The van der Waals surface area contributed by atoms with Crippen molar-refractivity contribution < 1.29 is 9.59 Å². The van der Waals surface area contributed by atoms with Crippen molar-refractivity contribution in [3.05, 3.63) is 59.7 Å². The van der Waals surface area contributed by atoms with Crippen LogP contribution in [0.25, 0.3) is 10.2 Å². The van der Waals surface area contributed by atoms with Crippen LogP contribution in [0.5, 0.6) is 0 Å². The normalized spacial score (nSPS) is 15.6. The molecule has 1 heterocycles. The molecular formula is C21H21N3O2S2. The van der Waals surface area contributed by atoms with Gasteiger partial charge in [0.2, 0.25) is 5.91 Å². The summed E-state index contributed by atoms with van der Waals surface area (Å²) < 4.78 is 2.22. The second kappa shape index (κ2) is 7.93. The minimum atomic E-state index is -0.890. The molecule has 3 aromatic rings. The summed E-state index contributed by atoms with van der Waals surface area (Å²) in [4.78, 5) is 29.0. The average molecular weight is 412 g/mol. The summed E-state index contributed by atoms with van der Waals surface area (Å²) in [6.07, 6.45) is 3.05. The zero-order valence-electron chi connectivity index (χ0n) is 15.3. The first-order valence-corrected chi connectivity index (χ1v) is 11.1. The van der Waals surface area contributed by atoms with Gasteiger partial charge in [-0.15, -0.1) is 11.3 Å². The Kier molecular flexibility index (Phi) is 5.37. The molecule has 0 unspecified atom stereocenters. The van der Waals surface area contributed by atoms with Gasteiger partial charge < -0.3 is 11.1 Å². The molecule has 2 amide bonds. The monoisotopic (exact) mass is 411 g/mol. The van der Waals surface area contributed by atoms with E-state index in [1.54, 1.807) is 35.2 Å². The SMILES string of the molecule is NC(=O)C1(NC(=O)c2ccc(CSc3nc4ccccc4s3)cc2)CCCC1. The summed E-state index contributed by atoms with van der Waals surface area (Å²) in [5.41, 5.74) is 7.34. The number of rotatable bonds is 6. The van der Waals surface area contributed by atoms with E-state index in [9.17, 15) is 9.59 Å². The summed E-state index contributed by atoms with van der Waals surface area (Å²) in [5.74, 6) is 0.0979. The van der Waals surface area contributed by atoms with Crippen LogP contribution in [0.3, 0.4) is 0 Å². The second-order valence-electron chi connectivity index (χ2n) is 7.04. The van der Waals surface area contributed by atoms with Crippen LogP contribution in [0.1, 0.15) is 41.6 Å². The van der Waals surface area contributed by atoms with Crippen LogP contribution in [0.2, 0.25) is 0 Å². The number of primary amides is 1. The van der Waals surface area contributed by atoms with Crippen molar-refractivity contribution in [2.24, 2.45) is 5.73 Å². The van der Waals surface area contributed by atoms with Crippen molar-refractivity contribution in [2.75, 3.05) is 0 Å². The van der Waals surface area contributed by atoms with Crippen molar-refractivity contribution >= 4 is 45.1 Å². The Hall–Kier alpha value is -2.38. The third-order valence-electron chi connectivity index (χ3n) is 5.13. The molecule has 2 aromatic carbocycles. The number of nitrogens with zero attached hydrogens (tertiary/aromatic N) is 1. The number of thioether (sulfide) groups is 1.